The second kappa shape index (κ2) is 12.2. The zero-order chi connectivity index (χ0) is 28.2. The average molecular weight is 629 g/mol. The Balaban J connectivity index is 0.994. The summed E-state index contributed by atoms with van der Waals surface area (Å²) in [5.41, 5.74) is 3.32. The van der Waals surface area contributed by atoms with E-state index in [-0.39, 0.29) is 17.6 Å². The molecule has 206 valence electrons. The highest BCUT2D eigenvalue weighted by molar-refractivity contribution is 9.10. The predicted molar refractivity (Wildman–Crippen MR) is 165 cm³/mol. The van der Waals surface area contributed by atoms with Gasteiger partial charge in [-0.1, -0.05) is 70.2 Å². The monoisotopic (exact) mass is 627 g/mol. The average Bonchev–Trinajstić information content (AvgIpc) is 3.49. The van der Waals surface area contributed by atoms with Crippen LogP contribution in [0.25, 0.3) is 22.2 Å². The van der Waals surface area contributed by atoms with Crippen LogP contribution < -0.4 is 10.2 Å². The van der Waals surface area contributed by atoms with E-state index in [9.17, 15) is 9.59 Å². The number of aromatic nitrogens is 2. The number of thioether (sulfide) groups is 1. The van der Waals surface area contributed by atoms with Gasteiger partial charge >= 0.3 is 0 Å². The molecular formula is C31H26BrN5O3S. The van der Waals surface area contributed by atoms with Crippen LogP contribution in [0.15, 0.2) is 105 Å². The van der Waals surface area contributed by atoms with Crippen molar-refractivity contribution in [1.29, 1.82) is 0 Å². The molecule has 10 heteroatoms. The maximum Gasteiger partial charge on any atom is 0.277 e. The molecule has 1 fully saturated rings. The summed E-state index contributed by atoms with van der Waals surface area (Å²) in [5, 5.41) is 13.7. The molecular weight excluding hydrogens is 602 g/mol. The molecule has 0 spiro atoms. The lowest BCUT2D eigenvalue weighted by molar-refractivity contribution is -0.113. The van der Waals surface area contributed by atoms with Gasteiger partial charge in [0.05, 0.1) is 5.75 Å². The van der Waals surface area contributed by atoms with Gasteiger partial charge in [-0.2, -0.15) is 0 Å². The van der Waals surface area contributed by atoms with Crippen molar-refractivity contribution >= 4 is 61.7 Å². The summed E-state index contributed by atoms with van der Waals surface area (Å²) >= 11 is 4.63. The van der Waals surface area contributed by atoms with Crippen molar-refractivity contribution in [3.05, 3.63) is 101 Å². The molecule has 2 amide bonds. The van der Waals surface area contributed by atoms with Crippen molar-refractivity contribution in [2.24, 2.45) is 0 Å². The molecule has 5 aromatic rings. The molecule has 41 heavy (non-hydrogen) atoms. The Kier molecular flexibility index (Phi) is 8.02. The first-order chi connectivity index (χ1) is 20.0. The van der Waals surface area contributed by atoms with Gasteiger partial charge in [0, 0.05) is 53.2 Å². The van der Waals surface area contributed by atoms with E-state index >= 15 is 0 Å². The molecule has 1 saturated heterocycles. The Morgan fingerprint density at radius 2 is 1.63 bits per heavy atom. The van der Waals surface area contributed by atoms with Crippen LogP contribution in [-0.4, -0.2) is 58.8 Å². The van der Waals surface area contributed by atoms with Crippen LogP contribution in [0, 0.1) is 0 Å². The zero-order valence-electron chi connectivity index (χ0n) is 22.0. The topological polar surface area (TPSA) is 91.6 Å². The molecule has 1 aliphatic heterocycles. The third kappa shape index (κ3) is 6.28. The lowest BCUT2D eigenvalue weighted by Crippen LogP contribution is -2.48. The first kappa shape index (κ1) is 27.0. The van der Waals surface area contributed by atoms with E-state index < -0.39 is 0 Å². The highest BCUT2D eigenvalue weighted by Crippen LogP contribution is 2.29. The smallest absolute Gasteiger partial charge is 0.277 e. The van der Waals surface area contributed by atoms with Crippen LogP contribution in [0.5, 0.6) is 0 Å². The number of piperazine rings is 1. The third-order valence-corrected chi connectivity index (χ3v) is 8.22. The summed E-state index contributed by atoms with van der Waals surface area (Å²) < 4.78 is 6.74. The first-order valence-corrected chi connectivity index (χ1v) is 15.0. The summed E-state index contributed by atoms with van der Waals surface area (Å²) in [7, 11) is 0. The van der Waals surface area contributed by atoms with Crippen molar-refractivity contribution < 1.29 is 14.0 Å². The van der Waals surface area contributed by atoms with Gasteiger partial charge in [-0.15, -0.1) is 10.2 Å². The lowest BCUT2D eigenvalue weighted by Gasteiger charge is -2.36. The van der Waals surface area contributed by atoms with Gasteiger partial charge in [-0.25, -0.2) is 0 Å². The van der Waals surface area contributed by atoms with Crippen molar-refractivity contribution in [1.82, 2.24) is 15.1 Å². The normalized spacial score (nSPS) is 13.4. The van der Waals surface area contributed by atoms with Gasteiger partial charge in [0.2, 0.25) is 11.8 Å². The fraction of sp³-hybridized carbons (Fsp3) is 0.161. The highest BCUT2D eigenvalue weighted by atomic mass is 79.9. The fourth-order valence-corrected chi connectivity index (χ4v) is 5.80. The Morgan fingerprint density at radius 3 is 2.44 bits per heavy atom. The molecule has 1 aliphatic rings. The number of hydrogen-bond acceptors (Lipinski definition) is 7. The number of carbonyl (C=O) groups is 2. The van der Waals surface area contributed by atoms with Gasteiger partial charge in [0.15, 0.2) is 0 Å². The van der Waals surface area contributed by atoms with Gasteiger partial charge in [-0.05, 0) is 59.3 Å². The Hall–Kier alpha value is -4.15. The molecule has 0 bridgehead atoms. The molecule has 8 nitrogen and oxygen atoms in total. The molecule has 6 rings (SSSR count). The van der Waals surface area contributed by atoms with E-state index in [1.54, 1.807) is 0 Å². The number of anilines is 2. The number of nitrogens with one attached hydrogen (secondary N) is 1. The first-order valence-electron chi connectivity index (χ1n) is 13.2. The van der Waals surface area contributed by atoms with E-state index in [4.69, 9.17) is 4.42 Å². The summed E-state index contributed by atoms with van der Waals surface area (Å²) in [6.07, 6.45) is 0. The largest absolute Gasteiger partial charge is 0.411 e. The molecule has 1 N–H and O–H groups in total. The molecule has 2 heterocycles. The maximum atomic E-state index is 12.8. The van der Waals surface area contributed by atoms with Crippen molar-refractivity contribution in [3.8, 4) is 11.5 Å². The predicted octanol–water partition coefficient (Wildman–Crippen LogP) is 6.35. The van der Waals surface area contributed by atoms with E-state index in [0.29, 0.717) is 35.5 Å². The Labute approximate surface area is 249 Å². The van der Waals surface area contributed by atoms with Crippen molar-refractivity contribution in [2.45, 2.75) is 5.22 Å². The number of fused-ring (bicyclic) bond motifs is 1. The zero-order valence-corrected chi connectivity index (χ0v) is 24.4. The minimum Gasteiger partial charge on any atom is -0.411 e. The summed E-state index contributed by atoms with van der Waals surface area (Å²) in [5.74, 6) is 0.463. The van der Waals surface area contributed by atoms with Crippen LogP contribution in [0.4, 0.5) is 11.4 Å². The number of carbonyl (C=O) groups excluding carboxylic acids is 2. The fourth-order valence-electron chi connectivity index (χ4n) is 4.84. The van der Waals surface area contributed by atoms with Crippen LogP contribution in [-0.2, 0) is 4.79 Å². The van der Waals surface area contributed by atoms with Gasteiger partial charge in [0.25, 0.3) is 11.1 Å². The molecule has 0 saturated carbocycles. The molecule has 1 aromatic heterocycles. The quantitative estimate of drug-likeness (QED) is 0.210. The molecule has 0 unspecified atom stereocenters. The van der Waals surface area contributed by atoms with Crippen LogP contribution in [0.3, 0.4) is 0 Å². The molecule has 0 aliphatic carbocycles. The van der Waals surface area contributed by atoms with E-state index in [1.165, 1.54) is 11.8 Å². The number of halogens is 1. The third-order valence-electron chi connectivity index (χ3n) is 6.91. The summed E-state index contributed by atoms with van der Waals surface area (Å²) in [6, 6.07) is 29.2. The van der Waals surface area contributed by atoms with Gasteiger partial charge < -0.3 is 19.5 Å². The standard InChI is InChI=1S/C31H26BrN5O3S/c32-23-8-3-7-22(19-23)30(39)37-17-15-36(16-18-37)25-13-11-24(12-14-25)33-28(38)20-41-31-35-34-29(40-31)27-10-4-6-21-5-1-2-9-26(21)27/h1-14,19H,15-18,20H2,(H,33,38). The Morgan fingerprint density at radius 1 is 0.878 bits per heavy atom. The minimum absolute atomic E-state index is 0.0483. The van der Waals surface area contributed by atoms with Gasteiger partial charge in [0.1, 0.15) is 0 Å². The molecule has 4 aromatic carbocycles. The number of hydrogen-bond donors (Lipinski definition) is 1. The maximum absolute atomic E-state index is 12.8. The van der Waals surface area contributed by atoms with E-state index in [1.807, 2.05) is 95.9 Å². The van der Waals surface area contributed by atoms with Crippen LogP contribution in [0.2, 0.25) is 0 Å². The molecule has 0 atom stereocenters. The van der Waals surface area contributed by atoms with E-state index in [0.717, 1.165) is 39.6 Å². The number of rotatable bonds is 7. The van der Waals surface area contributed by atoms with Gasteiger partial charge in [-0.3, -0.25) is 9.59 Å². The van der Waals surface area contributed by atoms with Crippen molar-refractivity contribution in [3.63, 3.8) is 0 Å². The number of nitrogens with zero attached hydrogens (tertiary/aromatic N) is 4. The van der Waals surface area contributed by atoms with Crippen LogP contribution >= 0.6 is 27.7 Å². The lowest BCUT2D eigenvalue weighted by atomic mass is 10.0. The summed E-state index contributed by atoms with van der Waals surface area (Å²) in [6.45, 7) is 2.79. The van der Waals surface area contributed by atoms with E-state index in [2.05, 4.69) is 36.3 Å². The van der Waals surface area contributed by atoms with Crippen LogP contribution in [0.1, 0.15) is 10.4 Å². The SMILES string of the molecule is O=C(CSc1nnc(-c2cccc3ccccc23)o1)Nc1ccc(N2CCN(C(=O)c3cccc(Br)c3)CC2)cc1. The second-order valence-corrected chi connectivity index (χ2v) is 11.4. The molecule has 0 radical (unpaired) electrons. The highest BCUT2D eigenvalue weighted by Gasteiger charge is 2.22. The Bertz CT molecular complexity index is 1690. The minimum atomic E-state index is -0.160. The number of amides is 2. The van der Waals surface area contributed by atoms with Crippen molar-refractivity contribution in [2.75, 3.05) is 42.1 Å². The second-order valence-electron chi connectivity index (χ2n) is 9.57. The summed E-state index contributed by atoms with van der Waals surface area (Å²) in [4.78, 5) is 29.6. The number of benzene rings is 4.